The summed E-state index contributed by atoms with van der Waals surface area (Å²) in [6.07, 6.45) is 9.42. The summed E-state index contributed by atoms with van der Waals surface area (Å²) in [6.45, 7) is 9.11. The molecule has 222 valence electrons. The SMILES string of the molecule is Cc1ccc(C2=N[C@H](CC(=O)NCCCNC(=O)OC3CC/C=C/CCC3)c3nnc(C)n3-c3sc(C)c(C)c32)cc1. The number of nitrogens with zero attached hydrogens (tertiary/aromatic N) is 4. The van der Waals surface area contributed by atoms with Crippen LogP contribution in [0.25, 0.3) is 5.00 Å². The zero-order valence-corrected chi connectivity index (χ0v) is 25.7. The number of carbonyl (C=O) groups is 2. The maximum Gasteiger partial charge on any atom is 0.407 e. The molecule has 0 saturated heterocycles. The third-order valence-corrected chi connectivity index (χ3v) is 9.07. The van der Waals surface area contributed by atoms with Gasteiger partial charge in [0, 0.05) is 29.1 Å². The number of thiophene rings is 1. The van der Waals surface area contributed by atoms with Crippen LogP contribution in [0.15, 0.2) is 41.4 Å². The van der Waals surface area contributed by atoms with Crippen LogP contribution in [-0.2, 0) is 9.53 Å². The minimum atomic E-state index is -0.492. The van der Waals surface area contributed by atoms with E-state index in [2.05, 4.69) is 82.6 Å². The molecule has 3 aromatic rings. The first-order valence-electron chi connectivity index (χ1n) is 14.9. The van der Waals surface area contributed by atoms with Crippen molar-refractivity contribution in [3.05, 3.63) is 75.2 Å². The van der Waals surface area contributed by atoms with Gasteiger partial charge in [-0.25, -0.2) is 4.79 Å². The molecule has 0 bridgehead atoms. The van der Waals surface area contributed by atoms with Gasteiger partial charge in [0.1, 0.15) is 23.0 Å². The van der Waals surface area contributed by atoms with E-state index in [-0.39, 0.29) is 24.5 Å². The minimum absolute atomic E-state index is 0.0391. The lowest BCUT2D eigenvalue weighted by Crippen LogP contribution is -2.32. The van der Waals surface area contributed by atoms with Crippen LogP contribution in [-0.4, -0.2) is 51.7 Å². The lowest BCUT2D eigenvalue weighted by atomic mass is 9.99. The van der Waals surface area contributed by atoms with E-state index in [1.807, 2.05) is 6.92 Å². The van der Waals surface area contributed by atoms with Crippen LogP contribution in [0.4, 0.5) is 4.79 Å². The number of rotatable bonds is 8. The Kier molecular flexibility index (Phi) is 9.51. The monoisotopic (exact) mass is 588 g/mol. The van der Waals surface area contributed by atoms with Crippen molar-refractivity contribution in [1.82, 2.24) is 25.4 Å². The summed E-state index contributed by atoms with van der Waals surface area (Å²) < 4.78 is 7.65. The van der Waals surface area contributed by atoms with E-state index in [4.69, 9.17) is 9.73 Å². The topological polar surface area (TPSA) is 110 Å². The average molecular weight is 589 g/mol. The molecular weight excluding hydrogens is 548 g/mol. The molecule has 2 aliphatic rings. The Bertz CT molecular complexity index is 1490. The first kappa shape index (κ1) is 29.7. The molecule has 0 saturated carbocycles. The highest BCUT2D eigenvalue weighted by Crippen LogP contribution is 2.39. The zero-order chi connectivity index (χ0) is 29.6. The predicted molar refractivity (Wildman–Crippen MR) is 166 cm³/mol. The first-order chi connectivity index (χ1) is 20.3. The number of fused-ring (bicyclic) bond motifs is 3. The Balaban J connectivity index is 1.23. The van der Waals surface area contributed by atoms with Crippen LogP contribution < -0.4 is 10.6 Å². The van der Waals surface area contributed by atoms with Crippen molar-refractivity contribution in [2.75, 3.05) is 13.1 Å². The quantitative estimate of drug-likeness (QED) is 0.249. The molecule has 2 amide bonds. The van der Waals surface area contributed by atoms with E-state index < -0.39 is 6.04 Å². The van der Waals surface area contributed by atoms with Crippen LogP contribution in [0.3, 0.4) is 0 Å². The van der Waals surface area contributed by atoms with Crippen LogP contribution in [0, 0.1) is 27.7 Å². The fourth-order valence-corrected chi connectivity index (χ4v) is 6.64. The number of hydrogen-bond acceptors (Lipinski definition) is 7. The summed E-state index contributed by atoms with van der Waals surface area (Å²) in [6, 6.07) is 7.86. The number of amides is 2. The van der Waals surface area contributed by atoms with Crippen molar-refractivity contribution in [3.8, 4) is 5.00 Å². The number of allylic oxidation sites excluding steroid dienone is 2. The van der Waals surface area contributed by atoms with Crippen molar-refractivity contribution in [3.63, 3.8) is 0 Å². The molecule has 9 nitrogen and oxygen atoms in total. The molecule has 0 radical (unpaired) electrons. The van der Waals surface area contributed by atoms with Gasteiger partial charge in [0.15, 0.2) is 5.82 Å². The largest absolute Gasteiger partial charge is 0.446 e. The van der Waals surface area contributed by atoms with Gasteiger partial charge in [-0.1, -0.05) is 42.0 Å². The summed E-state index contributed by atoms with van der Waals surface area (Å²) in [5.74, 6) is 1.32. The van der Waals surface area contributed by atoms with E-state index >= 15 is 0 Å². The van der Waals surface area contributed by atoms with Crippen LogP contribution in [0.2, 0.25) is 0 Å². The van der Waals surface area contributed by atoms with E-state index in [1.165, 1.54) is 16.0 Å². The Morgan fingerprint density at radius 2 is 1.76 bits per heavy atom. The summed E-state index contributed by atoms with van der Waals surface area (Å²) in [4.78, 5) is 31.8. The number of nitrogens with one attached hydrogen (secondary N) is 2. The molecule has 10 heteroatoms. The molecule has 2 N–H and O–H groups in total. The van der Waals surface area contributed by atoms with Gasteiger partial charge in [-0.05, 0) is 71.8 Å². The zero-order valence-electron chi connectivity index (χ0n) is 24.9. The van der Waals surface area contributed by atoms with Crippen molar-refractivity contribution in [1.29, 1.82) is 0 Å². The lowest BCUT2D eigenvalue weighted by Gasteiger charge is -2.18. The number of aryl methyl sites for hydroxylation is 3. The third-order valence-electron chi connectivity index (χ3n) is 7.88. The average Bonchev–Trinajstić information content (AvgIpc) is 3.42. The number of aromatic nitrogens is 3. The minimum Gasteiger partial charge on any atom is -0.446 e. The molecule has 1 aliphatic carbocycles. The van der Waals surface area contributed by atoms with E-state index in [9.17, 15) is 9.59 Å². The molecule has 0 spiro atoms. The maximum absolute atomic E-state index is 13.1. The van der Waals surface area contributed by atoms with Gasteiger partial charge in [-0.15, -0.1) is 21.5 Å². The molecule has 2 aromatic heterocycles. The van der Waals surface area contributed by atoms with E-state index in [0.29, 0.717) is 25.3 Å². The fourth-order valence-electron chi connectivity index (χ4n) is 5.43. The van der Waals surface area contributed by atoms with E-state index in [1.54, 1.807) is 11.3 Å². The second kappa shape index (κ2) is 13.5. The van der Waals surface area contributed by atoms with Gasteiger partial charge >= 0.3 is 6.09 Å². The molecule has 2 atom stereocenters. The molecule has 0 fully saturated rings. The Morgan fingerprint density at radius 3 is 2.57 bits per heavy atom. The molecule has 1 aromatic carbocycles. The van der Waals surface area contributed by atoms with Crippen molar-refractivity contribution >= 4 is 29.0 Å². The molecule has 1 aliphatic heterocycles. The van der Waals surface area contributed by atoms with Crippen molar-refractivity contribution < 1.29 is 14.3 Å². The smallest absolute Gasteiger partial charge is 0.407 e. The van der Waals surface area contributed by atoms with E-state index in [0.717, 1.165) is 59.8 Å². The van der Waals surface area contributed by atoms with Gasteiger partial charge in [0.2, 0.25) is 5.91 Å². The summed E-state index contributed by atoms with van der Waals surface area (Å²) in [5, 5.41) is 15.7. The van der Waals surface area contributed by atoms with Crippen molar-refractivity contribution in [2.45, 2.75) is 84.8 Å². The number of alkyl carbamates (subject to hydrolysis) is 1. The lowest BCUT2D eigenvalue weighted by molar-refractivity contribution is -0.121. The van der Waals surface area contributed by atoms with Gasteiger partial charge in [0.05, 0.1) is 12.1 Å². The molecule has 1 unspecified atom stereocenters. The molecule has 5 rings (SSSR count). The molecule has 3 heterocycles. The highest BCUT2D eigenvalue weighted by molar-refractivity contribution is 7.15. The maximum atomic E-state index is 13.1. The van der Waals surface area contributed by atoms with Crippen LogP contribution in [0.5, 0.6) is 0 Å². The summed E-state index contributed by atoms with van der Waals surface area (Å²) in [7, 11) is 0. The van der Waals surface area contributed by atoms with Gasteiger partial charge in [-0.2, -0.15) is 0 Å². The normalized spacial score (nSPS) is 18.9. The first-order valence-corrected chi connectivity index (χ1v) is 15.7. The summed E-state index contributed by atoms with van der Waals surface area (Å²) in [5.41, 5.74) is 5.31. The highest BCUT2D eigenvalue weighted by Gasteiger charge is 2.32. The van der Waals surface area contributed by atoms with Gasteiger partial charge in [-0.3, -0.25) is 14.4 Å². The Morgan fingerprint density at radius 1 is 1.00 bits per heavy atom. The van der Waals surface area contributed by atoms with Gasteiger partial charge in [0.25, 0.3) is 0 Å². The van der Waals surface area contributed by atoms with Crippen LogP contribution >= 0.6 is 11.3 Å². The Hall–Kier alpha value is -3.79. The standard InChI is InChI=1S/C32H40N6O3S/c1-20-13-15-24(16-14-20)29-28-21(2)22(3)42-31(28)38-23(4)36-37-30(38)26(35-29)19-27(39)33-17-10-18-34-32(40)41-25-11-8-6-5-7-9-12-25/h5-6,13-16,25-26H,7-12,17-19H2,1-4H3,(H,33,39)(H,34,40)/b6-5+/t25?,26-/m1/s1. The molecular formula is C32H40N6O3S. The predicted octanol–water partition coefficient (Wildman–Crippen LogP) is 5.97. The van der Waals surface area contributed by atoms with Crippen molar-refractivity contribution in [2.24, 2.45) is 4.99 Å². The third kappa shape index (κ3) is 6.81. The second-order valence-corrected chi connectivity index (χ2v) is 12.3. The second-order valence-electron chi connectivity index (χ2n) is 11.1. The number of ether oxygens (including phenoxy) is 1. The number of benzene rings is 1. The number of aliphatic imine (C=N–C) groups is 1. The van der Waals surface area contributed by atoms with Gasteiger partial charge < -0.3 is 15.4 Å². The summed E-state index contributed by atoms with van der Waals surface area (Å²) >= 11 is 1.70. The number of hydrogen-bond donors (Lipinski definition) is 2. The highest BCUT2D eigenvalue weighted by atomic mass is 32.1. The molecule has 42 heavy (non-hydrogen) atoms. The Labute approximate surface area is 251 Å². The number of carbonyl (C=O) groups excluding carboxylic acids is 2. The fraction of sp³-hybridized carbons (Fsp3) is 0.469. The van der Waals surface area contributed by atoms with Crippen LogP contribution in [0.1, 0.15) is 89.8 Å².